The number of anilines is 1. The zero-order valence-corrected chi connectivity index (χ0v) is 16.7. The second-order valence-corrected chi connectivity index (χ2v) is 8.12. The molecule has 0 radical (unpaired) electrons. The van der Waals surface area contributed by atoms with Crippen molar-refractivity contribution >= 4 is 39.4 Å². The molecule has 1 saturated carbocycles. The van der Waals surface area contributed by atoms with Crippen molar-refractivity contribution < 1.29 is 32.3 Å². The minimum Gasteiger partial charge on any atom is -0.459 e. The van der Waals surface area contributed by atoms with E-state index in [4.69, 9.17) is 0 Å². The van der Waals surface area contributed by atoms with Gasteiger partial charge in [-0.15, -0.1) is 0 Å². The van der Waals surface area contributed by atoms with E-state index in [0.717, 1.165) is 44.2 Å². The summed E-state index contributed by atoms with van der Waals surface area (Å²) in [4.78, 5) is 46.4. The quantitative estimate of drug-likeness (QED) is 0.458. The Labute approximate surface area is 168 Å². The highest BCUT2D eigenvalue weighted by atomic mass is 32.2. The molecule has 11 heteroatoms. The molecular weight excluding hydrogens is 402 g/mol. The number of amides is 3. The van der Waals surface area contributed by atoms with Crippen molar-refractivity contribution in [3.05, 3.63) is 24.3 Å². The van der Waals surface area contributed by atoms with Gasteiger partial charge in [-0.05, 0) is 44.0 Å². The van der Waals surface area contributed by atoms with E-state index in [9.17, 15) is 27.6 Å². The van der Waals surface area contributed by atoms with Gasteiger partial charge < -0.3 is 15.4 Å². The third-order valence-corrected chi connectivity index (χ3v) is 5.60. The summed E-state index contributed by atoms with van der Waals surface area (Å²) in [5.41, 5.74) is 0.156. The smallest absolute Gasteiger partial charge is 0.397 e. The fraction of sp³-hybridized carbons (Fsp3) is 0.444. The van der Waals surface area contributed by atoms with Gasteiger partial charge in [0.2, 0.25) is 0 Å². The number of carbonyl (C=O) groups excluding carboxylic acids is 4. The Balaban J connectivity index is 1.95. The van der Waals surface area contributed by atoms with Crippen molar-refractivity contribution in [3.63, 3.8) is 0 Å². The van der Waals surface area contributed by atoms with Gasteiger partial charge in [-0.2, -0.15) is 0 Å². The van der Waals surface area contributed by atoms with Gasteiger partial charge in [0.15, 0.2) is 0 Å². The van der Waals surface area contributed by atoms with Crippen LogP contribution < -0.4 is 15.4 Å². The van der Waals surface area contributed by atoms with Gasteiger partial charge in [0.1, 0.15) is 0 Å². The number of benzene rings is 1. The predicted molar refractivity (Wildman–Crippen MR) is 102 cm³/mol. The molecule has 10 nitrogen and oxygen atoms in total. The molecule has 0 spiro atoms. The normalized spacial score (nSPS) is 14.5. The fourth-order valence-electron chi connectivity index (χ4n) is 2.82. The molecule has 3 amide bonds. The highest BCUT2D eigenvalue weighted by Crippen LogP contribution is 2.17. The SMILES string of the molecule is CCOC(=O)C(=O)Nc1ccc(S(=O)(=O)NC(=O)C(=O)NC2CCCCC2)cc1. The summed E-state index contributed by atoms with van der Waals surface area (Å²) in [6.45, 7) is 1.59. The number of carbonyl (C=O) groups is 4. The van der Waals surface area contributed by atoms with Crippen molar-refractivity contribution in [2.75, 3.05) is 11.9 Å². The molecule has 0 saturated heterocycles. The van der Waals surface area contributed by atoms with Gasteiger partial charge in [0.25, 0.3) is 10.0 Å². The van der Waals surface area contributed by atoms with E-state index in [-0.39, 0.29) is 23.2 Å². The standard InChI is InChI=1S/C18H23N3O7S/c1-2-28-18(25)17(24)20-13-8-10-14(11-9-13)29(26,27)21-16(23)15(22)19-12-6-4-3-5-7-12/h8-12H,2-7H2,1H3,(H,19,22)(H,20,24)(H,21,23). The zero-order chi connectivity index (χ0) is 21.4. The van der Waals surface area contributed by atoms with Crippen LogP contribution in [0.25, 0.3) is 0 Å². The van der Waals surface area contributed by atoms with Gasteiger partial charge in [-0.1, -0.05) is 19.3 Å². The Bertz CT molecular complexity index is 875. The predicted octanol–water partition coefficient (Wildman–Crippen LogP) is 0.442. The summed E-state index contributed by atoms with van der Waals surface area (Å²) in [6, 6.07) is 4.58. The first-order valence-electron chi connectivity index (χ1n) is 9.18. The zero-order valence-electron chi connectivity index (χ0n) is 15.9. The lowest BCUT2D eigenvalue weighted by Gasteiger charge is -2.22. The van der Waals surface area contributed by atoms with Crippen LogP contribution in [0.4, 0.5) is 5.69 Å². The minimum atomic E-state index is -4.28. The van der Waals surface area contributed by atoms with E-state index in [1.54, 1.807) is 11.6 Å². The minimum absolute atomic E-state index is 0.0391. The summed E-state index contributed by atoms with van der Waals surface area (Å²) < 4.78 is 30.8. The van der Waals surface area contributed by atoms with E-state index >= 15 is 0 Å². The third kappa shape index (κ3) is 6.56. The Kier molecular flexibility index (Phi) is 7.71. The molecule has 0 heterocycles. The van der Waals surface area contributed by atoms with Crippen LogP contribution in [-0.2, 0) is 33.9 Å². The van der Waals surface area contributed by atoms with Crippen LogP contribution in [0.2, 0.25) is 0 Å². The maximum atomic E-state index is 12.3. The molecule has 0 bridgehead atoms. The van der Waals surface area contributed by atoms with E-state index in [1.165, 1.54) is 12.1 Å². The van der Waals surface area contributed by atoms with Gasteiger partial charge >= 0.3 is 23.7 Å². The molecule has 1 aromatic carbocycles. The Morgan fingerprint density at radius 1 is 0.966 bits per heavy atom. The number of nitrogens with one attached hydrogen (secondary N) is 3. The molecule has 29 heavy (non-hydrogen) atoms. The molecule has 1 fully saturated rings. The molecule has 1 aliphatic carbocycles. The van der Waals surface area contributed by atoms with Gasteiger partial charge in [-0.25, -0.2) is 17.9 Å². The van der Waals surface area contributed by atoms with E-state index < -0.39 is 33.7 Å². The van der Waals surface area contributed by atoms with Crippen LogP contribution in [0, 0.1) is 0 Å². The topological polar surface area (TPSA) is 148 Å². The Morgan fingerprint density at radius 2 is 1.59 bits per heavy atom. The molecule has 0 aliphatic heterocycles. The molecule has 1 aromatic rings. The third-order valence-electron chi connectivity index (χ3n) is 4.26. The summed E-state index contributed by atoms with van der Waals surface area (Å²) in [5.74, 6) is -4.34. The number of esters is 1. The maximum Gasteiger partial charge on any atom is 0.397 e. The van der Waals surface area contributed by atoms with Gasteiger partial charge in [0.05, 0.1) is 11.5 Å². The lowest BCUT2D eigenvalue weighted by Crippen LogP contribution is -2.46. The summed E-state index contributed by atoms with van der Waals surface area (Å²) >= 11 is 0. The number of ether oxygens (including phenoxy) is 1. The summed E-state index contributed by atoms with van der Waals surface area (Å²) in [7, 11) is -4.28. The molecule has 158 valence electrons. The first-order valence-corrected chi connectivity index (χ1v) is 10.7. The molecule has 2 rings (SSSR count). The largest absolute Gasteiger partial charge is 0.459 e. The van der Waals surface area contributed by atoms with Crippen molar-refractivity contribution in [1.82, 2.24) is 10.0 Å². The van der Waals surface area contributed by atoms with Gasteiger partial charge in [-0.3, -0.25) is 14.4 Å². The van der Waals surface area contributed by atoms with Crippen LogP contribution in [0.3, 0.4) is 0 Å². The average molecular weight is 425 g/mol. The second-order valence-electron chi connectivity index (χ2n) is 6.44. The van der Waals surface area contributed by atoms with Gasteiger partial charge in [0, 0.05) is 11.7 Å². The molecule has 0 unspecified atom stereocenters. The highest BCUT2D eigenvalue weighted by Gasteiger charge is 2.25. The summed E-state index contributed by atoms with van der Waals surface area (Å²) in [5, 5.41) is 4.79. The van der Waals surface area contributed by atoms with E-state index in [0.29, 0.717) is 0 Å². The average Bonchev–Trinajstić information content (AvgIpc) is 2.69. The monoisotopic (exact) mass is 425 g/mol. The van der Waals surface area contributed by atoms with Crippen molar-refractivity contribution in [2.24, 2.45) is 0 Å². The number of sulfonamides is 1. The van der Waals surface area contributed by atoms with Crippen LogP contribution in [-0.4, -0.2) is 44.8 Å². The maximum absolute atomic E-state index is 12.3. The molecule has 3 N–H and O–H groups in total. The number of rotatable bonds is 5. The van der Waals surface area contributed by atoms with Crippen LogP contribution in [0.1, 0.15) is 39.0 Å². The fourth-order valence-corrected chi connectivity index (χ4v) is 3.77. The second kappa shape index (κ2) is 10.0. The molecule has 1 aliphatic rings. The lowest BCUT2D eigenvalue weighted by molar-refractivity contribution is -0.152. The first kappa shape index (κ1) is 22.3. The van der Waals surface area contributed by atoms with E-state index in [1.807, 2.05) is 0 Å². The molecule has 0 atom stereocenters. The lowest BCUT2D eigenvalue weighted by atomic mass is 9.95. The summed E-state index contributed by atoms with van der Waals surface area (Å²) in [6.07, 6.45) is 4.48. The highest BCUT2D eigenvalue weighted by molar-refractivity contribution is 7.90. The Hall–Kier alpha value is -2.95. The van der Waals surface area contributed by atoms with Crippen LogP contribution >= 0.6 is 0 Å². The number of hydrogen-bond donors (Lipinski definition) is 3. The van der Waals surface area contributed by atoms with Crippen molar-refractivity contribution in [2.45, 2.75) is 50.0 Å². The van der Waals surface area contributed by atoms with Crippen molar-refractivity contribution in [3.8, 4) is 0 Å². The van der Waals surface area contributed by atoms with Crippen molar-refractivity contribution in [1.29, 1.82) is 0 Å². The Morgan fingerprint density at radius 3 is 2.17 bits per heavy atom. The molecule has 0 aromatic heterocycles. The van der Waals surface area contributed by atoms with Crippen LogP contribution in [0.15, 0.2) is 29.2 Å². The van der Waals surface area contributed by atoms with Crippen LogP contribution in [0.5, 0.6) is 0 Å². The first-order chi connectivity index (χ1) is 13.7. The number of hydrogen-bond acceptors (Lipinski definition) is 7. The van der Waals surface area contributed by atoms with E-state index in [2.05, 4.69) is 15.4 Å². The molecular formula is C18H23N3O7S.